The van der Waals surface area contributed by atoms with Crippen molar-refractivity contribution in [2.24, 2.45) is 0 Å². The second-order valence-corrected chi connectivity index (χ2v) is 7.08. The van der Waals surface area contributed by atoms with Gasteiger partial charge in [-0.3, -0.25) is 9.59 Å². The van der Waals surface area contributed by atoms with Crippen molar-refractivity contribution in [3.8, 4) is 0 Å². The van der Waals surface area contributed by atoms with Gasteiger partial charge in [-0.15, -0.1) is 11.3 Å². The highest BCUT2D eigenvalue weighted by molar-refractivity contribution is 8.02. The minimum atomic E-state index is -0.233. The maximum Gasteiger partial charge on any atom is 0.237 e. The molecule has 1 amide bonds. The number of hydrogen-bond donors (Lipinski definition) is 1. The summed E-state index contributed by atoms with van der Waals surface area (Å²) < 4.78 is 0.891. The van der Waals surface area contributed by atoms with Gasteiger partial charge in [-0.2, -0.15) is 0 Å². The van der Waals surface area contributed by atoms with Crippen LogP contribution in [0.2, 0.25) is 0 Å². The zero-order valence-corrected chi connectivity index (χ0v) is 13.7. The summed E-state index contributed by atoms with van der Waals surface area (Å²) in [5.74, 6) is -0.0700. The molecule has 1 aromatic carbocycles. The van der Waals surface area contributed by atoms with E-state index in [1.807, 2.05) is 19.2 Å². The molecule has 4 nitrogen and oxygen atoms in total. The smallest absolute Gasteiger partial charge is 0.237 e. The molecular weight excluding hydrogens is 304 g/mol. The highest BCUT2D eigenvalue weighted by atomic mass is 32.2. The number of aromatic nitrogens is 1. The number of amides is 1. The number of carbonyl (C=O) groups is 2. The fourth-order valence-corrected chi connectivity index (χ4v) is 3.61. The molecule has 1 N–H and O–H groups in total. The van der Waals surface area contributed by atoms with Crippen molar-refractivity contribution >= 4 is 40.5 Å². The molecule has 0 aliphatic heterocycles. The van der Waals surface area contributed by atoms with Crippen molar-refractivity contribution in [1.29, 1.82) is 0 Å². The second kappa shape index (κ2) is 6.87. The first-order valence-electron chi connectivity index (χ1n) is 6.46. The highest BCUT2D eigenvalue weighted by Crippen LogP contribution is 2.27. The van der Waals surface area contributed by atoms with Crippen LogP contribution in [-0.4, -0.2) is 21.9 Å². The van der Waals surface area contributed by atoms with Crippen molar-refractivity contribution in [1.82, 2.24) is 4.98 Å². The number of benzene rings is 1. The van der Waals surface area contributed by atoms with Crippen LogP contribution in [0.1, 0.15) is 29.9 Å². The Hall–Kier alpha value is -1.66. The molecule has 0 saturated carbocycles. The van der Waals surface area contributed by atoms with E-state index in [9.17, 15) is 9.59 Å². The SMILES string of the molecule is CC(=O)c1ccc(NC(=O)C(C)Sc2nc(C)cs2)cc1. The molecule has 0 radical (unpaired) electrons. The number of rotatable bonds is 5. The van der Waals surface area contributed by atoms with Crippen LogP contribution in [0.3, 0.4) is 0 Å². The first kappa shape index (κ1) is 15.7. The first-order chi connectivity index (χ1) is 9.95. The van der Waals surface area contributed by atoms with Crippen LogP contribution in [-0.2, 0) is 4.79 Å². The van der Waals surface area contributed by atoms with Crippen LogP contribution in [0.15, 0.2) is 34.0 Å². The van der Waals surface area contributed by atoms with Gasteiger partial charge in [0.15, 0.2) is 10.1 Å². The Morgan fingerprint density at radius 3 is 2.48 bits per heavy atom. The standard InChI is InChI=1S/C15H16N2O2S2/c1-9-8-20-15(16-9)21-11(3)14(19)17-13-6-4-12(5-7-13)10(2)18/h4-8,11H,1-3H3,(H,17,19). The molecule has 21 heavy (non-hydrogen) atoms. The third-order valence-electron chi connectivity index (χ3n) is 2.80. The molecule has 110 valence electrons. The minimum Gasteiger partial charge on any atom is -0.325 e. The maximum absolute atomic E-state index is 12.1. The summed E-state index contributed by atoms with van der Waals surface area (Å²) in [7, 11) is 0. The summed E-state index contributed by atoms with van der Waals surface area (Å²) in [5, 5.41) is 4.57. The van der Waals surface area contributed by atoms with E-state index < -0.39 is 0 Å². The molecule has 0 spiro atoms. The van der Waals surface area contributed by atoms with E-state index in [1.54, 1.807) is 35.6 Å². The maximum atomic E-state index is 12.1. The van der Waals surface area contributed by atoms with Crippen molar-refractivity contribution in [2.45, 2.75) is 30.4 Å². The van der Waals surface area contributed by atoms with Crippen molar-refractivity contribution in [3.63, 3.8) is 0 Å². The van der Waals surface area contributed by atoms with Crippen molar-refractivity contribution in [3.05, 3.63) is 40.9 Å². The molecule has 1 heterocycles. The number of carbonyl (C=O) groups excluding carboxylic acids is 2. The highest BCUT2D eigenvalue weighted by Gasteiger charge is 2.16. The second-order valence-electron chi connectivity index (χ2n) is 4.64. The third-order valence-corrected chi connectivity index (χ3v) is 4.99. The average molecular weight is 320 g/mol. The molecule has 1 atom stereocenters. The van der Waals surface area contributed by atoms with Crippen LogP contribution in [0.4, 0.5) is 5.69 Å². The molecule has 6 heteroatoms. The quantitative estimate of drug-likeness (QED) is 0.673. The molecule has 0 saturated heterocycles. The van der Waals surface area contributed by atoms with Crippen LogP contribution >= 0.6 is 23.1 Å². The summed E-state index contributed by atoms with van der Waals surface area (Å²) in [6.07, 6.45) is 0. The molecule has 2 aromatic rings. The Bertz CT molecular complexity index is 650. The Morgan fingerprint density at radius 1 is 1.29 bits per heavy atom. The largest absolute Gasteiger partial charge is 0.325 e. The van der Waals surface area contributed by atoms with Gasteiger partial charge in [0.1, 0.15) is 0 Å². The monoisotopic (exact) mass is 320 g/mol. The number of nitrogens with zero attached hydrogens (tertiary/aromatic N) is 1. The molecule has 2 rings (SSSR count). The lowest BCUT2D eigenvalue weighted by atomic mass is 10.1. The van der Waals surface area contributed by atoms with Gasteiger partial charge < -0.3 is 5.32 Å². The Kier molecular flexibility index (Phi) is 5.14. The van der Waals surface area contributed by atoms with Gasteiger partial charge in [0.05, 0.1) is 5.25 Å². The van der Waals surface area contributed by atoms with Crippen molar-refractivity contribution < 1.29 is 9.59 Å². The van der Waals surface area contributed by atoms with E-state index >= 15 is 0 Å². The Morgan fingerprint density at radius 2 is 1.95 bits per heavy atom. The van der Waals surface area contributed by atoms with Gasteiger partial charge >= 0.3 is 0 Å². The molecule has 1 unspecified atom stereocenters. The predicted octanol–water partition coefficient (Wildman–Crippen LogP) is 3.77. The van der Waals surface area contributed by atoms with Crippen LogP contribution in [0.25, 0.3) is 0 Å². The zero-order chi connectivity index (χ0) is 15.4. The Balaban J connectivity index is 1.95. The number of hydrogen-bond acceptors (Lipinski definition) is 5. The van der Waals surface area contributed by atoms with Crippen LogP contribution in [0.5, 0.6) is 0 Å². The van der Waals surface area contributed by atoms with Gasteiger partial charge in [-0.25, -0.2) is 4.98 Å². The van der Waals surface area contributed by atoms with E-state index in [0.717, 1.165) is 10.0 Å². The summed E-state index contributed by atoms with van der Waals surface area (Å²) in [4.78, 5) is 27.7. The van der Waals surface area contributed by atoms with E-state index in [1.165, 1.54) is 18.7 Å². The third kappa shape index (κ3) is 4.41. The normalized spacial score (nSPS) is 12.0. The number of aryl methyl sites for hydroxylation is 1. The fourth-order valence-electron chi connectivity index (χ4n) is 1.62. The number of anilines is 1. The van der Waals surface area contributed by atoms with E-state index in [-0.39, 0.29) is 16.9 Å². The summed E-state index contributed by atoms with van der Waals surface area (Å²) >= 11 is 2.98. The van der Waals surface area contributed by atoms with Crippen molar-refractivity contribution in [2.75, 3.05) is 5.32 Å². The zero-order valence-electron chi connectivity index (χ0n) is 12.0. The lowest BCUT2D eigenvalue weighted by Gasteiger charge is -2.10. The average Bonchev–Trinajstić information content (AvgIpc) is 2.84. The van der Waals surface area contributed by atoms with E-state index in [2.05, 4.69) is 10.3 Å². The van der Waals surface area contributed by atoms with Gasteiger partial charge in [0.2, 0.25) is 5.91 Å². The van der Waals surface area contributed by atoms with Crippen LogP contribution < -0.4 is 5.32 Å². The van der Waals surface area contributed by atoms with Crippen LogP contribution in [0, 0.1) is 6.92 Å². The predicted molar refractivity (Wildman–Crippen MR) is 87.2 cm³/mol. The van der Waals surface area contributed by atoms with E-state index in [4.69, 9.17) is 0 Å². The molecular formula is C15H16N2O2S2. The molecule has 1 aromatic heterocycles. The van der Waals surface area contributed by atoms with Gasteiger partial charge in [-0.05, 0) is 45.0 Å². The topological polar surface area (TPSA) is 59.1 Å². The fraction of sp³-hybridized carbons (Fsp3) is 0.267. The molecule has 0 aliphatic carbocycles. The number of thiazole rings is 1. The minimum absolute atomic E-state index is 0.0101. The van der Waals surface area contributed by atoms with Gasteiger partial charge in [0, 0.05) is 22.3 Å². The number of Topliss-reactive ketones (excluding diaryl/α,β-unsaturated/α-hetero) is 1. The number of ketones is 1. The lowest BCUT2D eigenvalue weighted by Crippen LogP contribution is -2.22. The van der Waals surface area contributed by atoms with E-state index in [0.29, 0.717) is 11.3 Å². The molecule has 0 bridgehead atoms. The summed E-state index contributed by atoms with van der Waals surface area (Å²) in [6.45, 7) is 5.30. The van der Waals surface area contributed by atoms with Gasteiger partial charge in [0.25, 0.3) is 0 Å². The summed E-state index contributed by atoms with van der Waals surface area (Å²) in [6, 6.07) is 6.89. The molecule has 0 fully saturated rings. The lowest BCUT2D eigenvalue weighted by molar-refractivity contribution is -0.115. The number of nitrogens with one attached hydrogen (secondary N) is 1. The summed E-state index contributed by atoms with van der Waals surface area (Å²) in [5.41, 5.74) is 2.29. The number of thioether (sulfide) groups is 1. The molecule has 0 aliphatic rings. The van der Waals surface area contributed by atoms with Gasteiger partial charge in [-0.1, -0.05) is 11.8 Å². The first-order valence-corrected chi connectivity index (χ1v) is 8.22. The Labute approximate surface area is 132 Å².